The first kappa shape index (κ1) is 14.4. The fraction of sp³-hybridized carbons (Fsp3) is 0.364. The summed E-state index contributed by atoms with van der Waals surface area (Å²) in [6.45, 7) is 7.98. The predicted octanol–water partition coefficient (Wildman–Crippen LogP) is 2.55. The van der Waals surface area contributed by atoms with Crippen LogP contribution >= 0.6 is 0 Å². The maximum absolute atomic E-state index is 8.00. The molecule has 2 heteroatoms. The molecule has 0 fully saturated rings. The summed E-state index contributed by atoms with van der Waals surface area (Å²) in [4.78, 5) is 8.00. The van der Waals surface area contributed by atoms with Crippen LogP contribution in [0.2, 0.25) is 0 Å². The quantitative estimate of drug-likeness (QED) is 0.723. The summed E-state index contributed by atoms with van der Waals surface area (Å²) >= 11 is 0. The van der Waals surface area contributed by atoms with E-state index in [9.17, 15) is 0 Å². The van der Waals surface area contributed by atoms with E-state index in [1.165, 1.54) is 5.56 Å². The Balaban J connectivity index is 0. The zero-order valence-electron chi connectivity index (χ0n) is 8.66. The molecular weight excluding hydrogens is 162 g/mol. The van der Waals surface area contributed by atoms with E-state index in [0.717, 1.165) is 0 Å². The molecule has 13 heavy (non-hydrogen) atoms. The van der Waals surface area contributed by atoms with Crippen LogP contribution in [0.15, 0.2) is 30.3 Å². The van der Waals surface area contributed by atoms with Gasteiger partial charge in [-0.2, -0.15) is 0 Å². The molecule has 0 saturated carbocycles. The molecule has 0 aromatic heterocycles. The first-order valence-electron chi connectivity index (χ1n) is 4.40. The van der Waals surface area contributed by atoms with Gasteiger partial charge in [0.1, 0.15) is 6.79 Å². The number of benzene rings is 1. The second-order valence-corrected chi connectivity index (χ2v) is 2.20. The predicted molar refractivity (Wildman–Crippen MR) is 57.5 cm³/mol. The van der Waals surface area contributed by atoms with E-state index in [-0.39, 0.29) is 6.04 Å². The van der Waals surface area contributed by atoms with Crippen molar-refractivity contribution in [2.24, 2.45) is 5.73 Å². The lowest BCUT2D eigenvalue weighted by Crippen LogP contribution is -2.03. The minimum atomic E-state index is 0.159. The molecule has 1 rings (SSSR count). The highest BCUT2D eigenvalue weighted by atomic mass is 16.1. The second-order valence-electron chi connectivity index (χ2n) is 2.20. The Labute approximate surface area is 80.8 Å². The van der Waals surface area contributed by atoms with Crippen molar-refractivity contribution in [2.75, 3.05) is 0 Å². The second kappa shape index (κ2) is 10.8. The molecule has 0 amide bonds. The van der Waals surface area contributed by atoms with Crippen LogP contribution in [0.25, 0.3) is 0 Å². The van der Waals surface area contributed by atoms with E-state index in [1.807, 2.05) is 57.9 Å². The summed E-state index contributed by atoms with van der Waals surface area (Å²) in [5.41, 5.74) is 6.81. The molecule has 0 bridgehead atoms. The molecule has 1 unspecified atom stereocenters. The van der Waals surface area contributed by atoms with Crippen molar-refractivity contribution < 1.29 is 4.79 Å². The average Bonchev–Trinajstić information content (AvgIpc) is 2.25. The zero-order chi connectivity index (χ0) is 10.7. The van der Waals surface area contributed by atoms with E-state index >= 15 is 0 Å². The van der Waals surface area contributed by atoms with Crippen molar-refractivity contribution in [3.8, 4) is 0 Å². The van der Waals surface area contributed by atoms with Gasteiger partial charge in [0.15, 0.2) is 0 Å². The topological polar surface area (TPSA) is 43.1 Å². The van der Waals surface area contributed by atoms with Crippen LogP contribution in [0.1, 0.15) is 32.4 Å². The van der Waals surface area contributed by atoms with Gasteiger partial charge in [-0.1, -0.05) is 44.2 Å². The first-order chi connectivity index (χ1) is 6.30. The van der Waals surface area contributed by atoms with Crippen LogP contribution in [0.3, 0.4) is 0 Å². The van der Waals surface area contributed by atoms with Gasteiger partial charge in [-0.3, -0.25) is 0 Å². The molecule has 0 aliphatic rings. The largest absolute Gasteiger partial charge is 0.324 e. The summed E-state index contributed by atoms with van der Waals surface area (Å²) in [6, 6.07) is 10.2. The molecule has 0 spiro atoms. The summed E-state index contributed by atoms with van der Waals surface area (Å²) in [5, 5.41) is 0. The Morgan fingerprint density at radius 1 is 1.15 bits per heavy atom. The van der Waals surface area contributed by atoms with E-state index in [2.05, 4.69) is 0 Å². The lowest BCUT2D eigenvalue weighted by Gasteiger charge is -2.02. The Bertz CT molecular complexity index is 185. The van der Waals surface area contributed by atoms with Crippen molar-refractivity contribution in [3.63, 3.8) is 0 Å². The molecule has 74 valence electrons. The van der Waals surface area contributed by atoms with E-state index in [0.29, 0.717) is 0 Å². The maximum atomic E-state index is 8.00. The van der Waals surface area contributed by atoms with Gasteiger partial charge in [-0.15, -0.1) is 0 Å². The molecule has 0 radical (unpaired) electrons. The number of carbonyl (C=O) groups excluding carboxylic acids is 1. The van der Waals surface area contributed by atoms with Crippen molar-refractivity contribution in [1.82, 2.24) is 0 Å². The van der Waals surface area contributed by atoms with E-state index in [1.54, 1.807) is 0 Å². The average molecular weight is 181 g/mol. The van der Waals surface area contributed by atoms with Crippen molar-refractivity contribution in [1.29, 1.82) is 0 Å². The highest BCUT2D eigenvalue weighted by molar-refractivity contribution is 5.17. The molecular formula is C11H19NO. The van der Waals surface area contributed by atoms with Crippen LogP contribution in [-0.4, -0.2) is 6.79 Å². The molecule has 0 aliphatic heterocycles. The Morgan fingerprint density at radius 3 is 1.77 bits per heavy atom. The lowest BCUT2D eigenvalue weighted by molar-refractivity contribution is -0.0979. The smallest absolute Gasteiger partial charge is 0.106 e. The van der Waals surface area contributed by atoms with Crippen LogP contribution < -0.4 is 5.73 Å². The van der Waals surface area contributed by atoms with Gasteiger partial charge in [-0.25, -0.2) is 0 Å². The van der Waals surface area contributed by atoms with Crippen LogP contribution in [0.5, 0.6) is 0 Å². The van der Waals surface area contributed by atoms with E-state index in [4.69, 9.17) is 10.5 Å². The minimum Gasteiger partial charge on any atom is -0.324 e. The van der Waals surface area contributed by atoms with Crippen LogP contribution in [0.4, 0.5) is 0 Å². The van der Waals surface area contributed by atoms with Gasteiger partial charge in [0.2, 0.25) is 0 Å². The highest BCUT2D eigenvalue weighted by Crippen LogP contribution is 2.06. The SMILES string of the molecule is C=O.CC.CC(N)c1ccccc1. The third-order valence-electron chi connectivity index (χ3n) is 1.33. The molecule has 0 aliphatic carbocycles. The van der Waals surface area contributed by atoms with Crippen molar-refractivity contribution in [3.05, 3.63) is 35.9 Å². The van der Waals surface area contributed by atoms with Gasteiger partial charge >= 0.3 is 0 Å². The maximum Gasteiger partial charge on any atom is 0.106 e. The molecule has 1 aromatic carbocycles. The molecule has 1 aromatic rings. The summed E-state index contributed by atoms with van der Waals surface area (Å²) < 4.78 is 0. The lowest BCUT2D eigenvalue weighted by atomic mass is 10.1. The number of hydrogen-bond donors (Lipinski definition) is 1. The minimum absolute atomic E-state index is 0.159. The van der Waals surface area contributed by atoms with Gasteiger partial charge < -0.3 is 10.5 Å². The normalized spacial score (nSPS) is 9.85. The Morgan fingerprint density at radius 2 is 1.54 bits per heavy atom. The molecule has 0 heterocycles. The van der Waals surface area contributed by atoms with Crippen LogP contribution in [-0.2, 0) is 4.79 Å². The highest BCUT2D eigenvalue weighted by Gasteiger charge is 1.93. The Kier molecular flexibility index (Phi) is 12.0. The summed E-state index contributed by atoms with van der Waals surface area (Å²) in [6.07, 6.45) is 0. The molecule has 2 nitrogen and oxygen atoms in total. The van der Waals surface area contributed by atoms with Crippen LogP contribution in [0, 0.1) is 0 Å². The summed E-state index contributed by atoms with van der Waals surface area (Å²) in [5.74, 6) is 0. The summed E-state index contributed by atoms with van der Waals surface area (Å²) in [7, 11) is 0. The van der Waals surface area contributed by atoms with Crippen molar-refractivity contribution >= 4 is 6.79 Å². The zero-order valence-corrected chi connectivity index (χ0v) is 8.66. The number of rotatable bonds is 1. The molecule has 2 N–H and O–H groups in total. The standard InChI is InChI=1S/C8H11N.C2H6.CH2O/c1-7(9)8-5-3-2-4-6-8;2*1-2/h2-7H,9H2,1H3;1-2H3;1H2. The van der Waals surface area contributed by atoms with E-state index < -0.39 is 0 Å². The number of hydrogen-bond acceptors (Lipinski definition) is 2. The van der Waals surface area contributed by atoms with Crippen molar-refractivity contribution in [2.45, 2.75) is 26.8 Å². The third kappa shape index (κ3) is 7.22. The first-order valence-corrected chi connectivity index (χ1v) is 4.40. The third-order valence-corrected chi connectivity index (χ3v) is 1.33. The number of nitrogens with two attached hydrogens (primary N) is 1. The Hall–Kier alpha value is -1.15. The fourth-order valence-electron chi connectivity index (χ4n) is 0.757. The molecule has 0 saturated heterocycles. The van der Waals surface area contributed by atoms with Gasteiger partial charge in [0.25, 0.3) is 0 Å². The van der Waals surface area contributed by atoms with Gasteiger partial charge in [-0.05, 0) is 12.5 Å². The fourth-order valence-corrected chi connectivity index (χ4v) is 0.757. The molecule has 1 atom stereocenters. The number of carbonyl (C=O) groups is 1. The monoisotopic (exact) mass is 181 g/mol. The van der Waals surface area contributed by atoms with Gasteiger partial charge in [0.05, 0.1) is 0 Å². The van der Waals surface area contributed by atoms with Gasteiger partial charge in [0, 0.05) is 6.04 Å².